The second-order valence-electron chi connectivity index (χ2n) is 14.9. The molecule has 0 radical (unpaired) electrons. The molecule has 3 N–H and O–H groups in total. The first kappa shape index (κ1) is 54.7. The van der Waals surface area contributed by atoms with E-state index >= 15 is 0 Å². The molecular weight excluding hydrogens is 737 g/mol. The van der Waals surface area contributed by atoms with Gasteiger partial charge in [0, 0.05) is 19.4 Å². The van der Waals surface area contributed by atoms with E-state index in [4.69, 9.17) is 24.3 Å². The van der Waals surface area contributed by atoms with Gasteiger partial charge in [0.1, 0.15) is 6.61 Å². The minimum Gasteiger partial charge on any atom is -0.462 e. The molecule has 0 aliphatic carbocycles. The molecule has 0 aromatic carbocycles. The zero-order chi connectivity index (χ0) is 41.8. The van der Waals surface area contributed by atoms with Crippen molar-refractivity contribution in [3.8, 4) is 0 Å². The van der Waals surface area contributed by atoms with Crippen LogP contribution in [-0.2, 0) is 32.7 Å². The Kier molecular flexibility index (Phi) is 41.6. The van der Waals surface area contributed by atoms with Gasteiger partial charge in [-0.1, -0.05) is 158 Å². The third kappa shape index (κ3) is 43.1. The average Bonchev–Trinajstić information content (AvgIpc) is 3.20. The van der Waals surface area contributed by atoms with Gasteiger partial charge in [-0.2, -0.15) is 0 Å². The number of hydrogen-bond donors (Lipinski definition) is 2. The van der Waals surface area contributed by atoms with E-state index in [0.29, 0.717) is 12.8 Å². The van der Waals surface area contributed by atoms with E-state index in [-0.39, 0.29) is 32.6 Å². The van der Waals surface area contributed by atoms with Gasteiger partial charge in [0.25, 0.3) is 0 Å². The molecule has 0 rings (SSSR count). The summed E-state index contributed by atoms with van der Waals surface area (Å²) in [6, 6.07) is 0. The van der Waals surface area contributed by atoms with Crippen LogP contribution in [0.15, 0.2) is 60.8 Å². The number of rotatable bonds is 42. The van der Waals surface area contributed by atoms with E-state index in [1.807, 2.05) is 0 Å². The van der Waals surface area contributed by atoms with Crippen LogP contribution in [0.4, 0.5) is 0 Å². The van der Waals surface area contributed by atoms with Crippen LogP contribution in [0.25, 0.3) is 0 Å². The van der Waals surface area contributed by atoms with E-state index in [1.54, 1.807) is 0 Å². The lowest BCUT2D eigenvalue weighted by molar-refractivity contribution is -0.161. The molecule has 0 aliphatic heterocycles. The maximum absolute atomic E-state index is 12.6. The van der Waals surface area contributed by atoms with Gasteiger partial charge in [-0.15, -0.1) is 0 Å². The van der Waals surface area contributed by atoms with Gasteiger partial charge in [-0.3, -0.25) is 18.6 Å². The zero-order valence-corrected chi connectivity index (χ0v) is 37.2. The second kappa shape index (κ2) is 43.3. The monoisotopic (exact) mass is 822 g/mol. The van der Waals surface area contributed by atoms with E-state index in [9.17, 15) is 19.0 Å². The number of ether oxygens (including phenoxy) is 2. The number of carbonyl (C=O) groups is 2. The van der Waals surface area contributed by atoms with Crippen molar-refractivity contribution in [1.82, 2.24) is 0 Å². The van der Waals surface area contributed by atoms with Gasteiger partial charge in [0.2, 0.25) is 0 Å². The number of unbranched alkanes of at least 4 members (excludes halogenated alkanes) is 19. The molecule has 9 nitrogen and oxygen atoms in total. The van der Waals surface area contributed by atoms with Crippen molar-refractivity contribution in [2.45, 2.75) is 200 Å². The summed E-state index contributed by atoms with van der Waals surface area (Å²) in [7, 11) is -4.39. The molecule has 0 aromatic heterocycles. The summed E-state index contributed by atoms with van der Waals surface area (Å²) in [6.07, 6.45) is 51.0. The van der Waals surface area contributed by atoms with Crippen molar-refractivity contribution in [2.24, 2.45) is 5.73 Å². The summed E-state index contributed by atoms with van der Waals surface area (Å²) >= 11 is 0. The quantitative estimate of drug-likeness (QED) is 0.0267. The van der Waals surface area contributed by atoms with Crippen LogP contribution in [0.5, 0.6) is 0 Å². The van der Waals surface area contributed by atoms with Crippen molar-refractivity contribution < 1.29 is 37.6 Å². The van der Waals surface area contributed by atoms with Gasteiger partial charge in [-0.25, -0.2) is 4.57 Å². The molecule has 0 fully saturated rings. The Balaban J connectivity index is 4.21. The summed E-state index contributed by atoms with van der Waals surface area (Å²) in [5.74, 6) is -0.871. The topological polar surface area (TPSA) is 134 Å². The Hall–Kier alpha value is -2.29. The maximum atomic E-state index is 12.6. The Bertz CT molecular complexity index is 1120. The Labute approximate surface area is 349 Å². The molecule has 1 unspecified atom stereocenters. The summed E-state index contributed by atoms with van der Waals surface area (Å²) in [6.45, 7) is 3.66. The van der Waals surface area contributed by atoms with E-state index in [2.05, 4.69) is 74.6 Å². The number of phosphoric ester groups is 1. The predicted octanol–water partition coefficient (Wildman–Crippen LogP) is 13.3. The molecule has 0 aliphatic rings. The third-order valence-electron chi connectivity index (χ3n) is 9.38. The largest absolute Gasteiger partial charge is 0.472 e. The highest BCUT2D eigenvalue weighted by atomic mass is 31.2. The standard InChI is InChI=1S/C47H84NO8P/c1-3-5-7-9-11-13-15-17-19-21-22-24-25-27-29-31-33-35-37-39-46(49)53-43-45(44-55-57(51,52)54-42-41-48)56-47(50)40-38-36-34-32-30-28-26-23-20-18-16-14-12-10-8-6-4-2/h11,13,17-20,22,24,27,29,45H,3-10,12,14-16,21,23,25-26,28,30-44,48H2,1-2H3,(H,51,52)/b13-11-,19-17-,20-18-,24-22-,29-27-/t45-/m1/s1. The fourth-order valence-corrected chi connectivity index (χ4v) is 6.73. The van der Waals surface area contributed by atoms with E-state index < -0.39 is 32.5 Å². The Morgan fingerprint density at radius 3 is 1.42 bits per heavy atom. The third-order valence-corrected chi connectivity index (χ3v) is 10.4. The normalized spacial score (nSPS) is 13.8. The molecule has 0 heterocycles. The molecule has 0 saturated carbocycles. The number of esters is 2. The first-order valence-corrected chi connectivity index (χ1v) is 24.3. The highest BCUT2D eigenvalue weighted by molar-refractivity contribution is 7.47. The number of phosphoric acid groups is 1. The van der Waals surface area contributed by atoms with Crippen molar-refractivity contribution in [3.63, 3.8) is 0 Å². The average molecular weight is 822 g/mol. The summed E-state index contributed by atoms with van der Waals surface area (Å²) < 4.78 is 32.8. The van der Waals surface area contributed by atoms with Crippen LogP contribution < -0.4 is 5.73 Å². The van der Waals surface area contributed by atoms with Crippen LogP contribution in [-0.4, -0.2) is 49.3 Å². The molecule has 57 heavy (non-hydrogen) atoms. The summed E-state index contributed by atoms with van der Waals surface area (Å²) in [4.78, 5) is 34.9. The van der Waals surface area contributed by atoms with Gasteiger partial charge >= 0.3 is 19.8 Å². The summed E-state index contributed by atoms with van der Waals surface area (Å²) in [5.41, 5.74) is 5.35. The van der Waals surface area contributed by atoms with Crippen LogP contribution in [0, 0.1) is 0 Å². The van der Waals surface area contributed by atoms with Gasteiger partial charge in [0.05, 0.1) is 13.2 Å². The number of carbonyl (C=O) groups excluding carboxylic acids is 2. The molecule has 0 saturated heterocycles. The van der Waals surface area contributed by atoms with Crippen molar-refractivity contribution in [2.75, 3.05) is 26.4 Å². The van der Waals surface area contributed by atoms with Gasteiger partial charge in [-0.05, 0) is 83.5 Å². The highest BCUT2D eigenvalue weighted by Gasteiger charge is 2.26. The van der Waals surface area contributed by atoms with Crippen LogP contribution >= 0.6 is 7.82 Å². The van der Waals surface area contributed by atoms with Crippen LogP contribution in [0.1, 0.15) is 194 Å². The van der Waals surface area contributed by atoms with Gasteiger partial charge in [0.15, 0.2) is 6.10 Å². The van der Waals surface area contributed by atoms with Gasteiger partial charge < -0.3 is 20.1 Å². The smallest absolute Gasteiger partial charge is 0.462 e. The molecule has 0 bridgehead atoms. The van der Waals surface area contributed by atoms with Crippen LogP contribution in [0.3, 0.4) is 0 Å². The van der Waals surface area contributed by atoms with E-state index in [1.165, 1.54) is 89.9 Å². The maximum Gasteiger partial charge on any atom is 0.472 e. The lowest BCUT2D eigenvalue weighted by Gasteiger charge is -2.19. The SMILES string of the molecule is CCCCC/C=C\C/C=C\C/C=C\C/C=C\CCCCCC(=O)OC[C@H](COP(=O)(O)OCCN)OC(=O)CCCCCCCCC/C=C\CCCCCCCC. The van der Waals surface area contributed by atoms with Crippen molar-refractivity contribution in [3.05, 3.63) is 60.8 Å². The Morgan fingerprint density at radius 2 is 0.912 bits per heavy atom. The van der Waals surface area contributed by atoms with Crippen LogP contribution in [0.2, 0.25) is 0 Å². The minimum atomic E-state index is -4.39. The molecule has 2 atom stereocenters. The molecule has 0 aromatic rings. The molecular formula is C47H84NO8P. The molecule has 330 valence electrons. The predicted molar refractivity (Wildman–Crippen MR) is 238 cm³/mol. The molecule has 0 amide bonds. The Morgan fingerprint density at radius 1 is 0.526 bits per heavy atom. The minimum absolute atomic E-state index is 0.0458. The molecule has 0 spiro atoms. The zero-order valence-electron chi connectivity index (χ0n) is 36.3. The summed E-state index contributed by atoms with van der Waals surface area (Å²) in [5, 5.41) is 0. The number of nitrogens with two attached hydrogens (primary N) is 1. The fourth-order valence-electron chi connectivity index (χ4n) is 5.96. The second-order valence-corrected chi connectivity index (χ2v) is 16.4. The first-order chi connectivity index (χ1) is 27.8. The van der Waals surface area contributed by atoms with E-state index in [0.717, 1.165) is 64.2 Å². The lowest BCUT2D eigenvalue weighted by Crippen LogP contribution is -2.29. The first-order valence-electron chi connectivity index (χ1n) is 22.8. The number of allylic oxidation sites excluding steroid dienone is 10. The number of hydrogen-bond acceptors (Lipinski definition) is 8. The lowest BCUT2D eigenvalue weighted by atomic mass is 10.1. The highest BCUT2D eigenvalue weighted by Crippen LogP contribution is 2.43. The molecule has 10 heteroatoms. The van der Waals surface area contributed by atoms with Crippen molar-refractivity contribution in [1.29, 1.82) is 0 Å². The fraction of sp³-hybridized carbons (Fsp3) is 0.745. The van der Waals surface area contributed by atoms with Crippen molar-refractivity contribution >= 4 is 19.8 Å².